The molecule has 1 heterocycles. The molecule has 2 nitrogen and oxygen atoms in total. The number of hydrogen-bond donors (Lipinski definition) is 1. The minimum Gasteiger partial charge on any atom is -0.503 e. The van der Waals surface area contributed by atoms with Crippen LogP contribution in [0.4, 0.5) is 0 Å². The lowest BCUT2D eigenvalue weighted by Gasteiger charge is -1.93. The van der Waals surface area contributed by atoms with Crippen molar-refractivity contribution in [3.8, 4) is 5.75 Å². The molecular weight excluding hydrogens is 126 g/mol. The van der Waals surface area contributed by atoms with Gasteiger partial charge in [0.25, 0.3) is 0 Å². The fourth-order valence-electron chi connectivity index (χ4n) is 0.918. The second-order valence-corrected chi connectivity index (χ2v) is 2.36. The summed E-state index contributed by atoms with van der Waals surface area (Å²) in [5.74, 6) is 0.355. The maximum absolute atomic E-state index is 9.20. The van der Waals surface area contributed by atoms with E-state index >= 15 is 0 Å². The minimum atomic E-state index is 0.355. The van der Waals surface area contributed by atoms with Gasteiger partial charge in [-0.3, -0.25) is 0 Å². The first kappa shape index (κ1) is 7.06. The van der Waals surface area contributed by atoms with Crippen molar-refractivity contribution < 1.29 is 10.1 Å². The normalized spacial score (nSPS) is 9.80. The van der Waals surface area contributed by atoms with E-state index in [0.29, 0.717) is 5.75 Å². The lowest BCUT2D eigenvalue weighted by atomic mass is 10.2. The summed E-state index contributed by atoms with van der Waals surface area (Å²) in [6.45, 7) is 3.98. The largest absolute Gasteiger partial charge is 0.503 e. The molecule has 54 valence electrons. The van der Waals surface area contributed by atoms with Crippen molar-refractivity contribution in [2.75, 3.05) is 0 Å². The lowest BCUT2D eigenvalue weighted by molar-refractivity contribution is -0.400. The van der Waals surface area contributed by atoms with Gasteiger partial charge in [-0.1, -0.05) is 6.92 Å². The number of aryl methyl sites for hydroxylation is 2. The van der Waals surface area contributed by atoms with E-state index in [4.69, 9.17) is 0 Å². The third kappa shape index (κ3) is 1.26. The van der Waals surface area contributed by atoms with Gasteiger partial charge < -0.3 is 5.11 Å². The van der Waals surface area contributed by atoms with Crippen molar-refractivity contribution in [2.24, 2.45) is 0 Å². The highest BCUT2D eigenvalue weighted by Gasteiger charge is 2.05. The van der Waals surface area contributed by atoms with Crippen LogP contribution in [0.25, 0.3) is 0 Å². The van der Waals surface area contributed by atoms with Gasteiger partial charge in [0, 0.05) is 19.4 Å². The highest BCUT2D eigenvalue weighted by molar-refractivity contribution is 5.22. The molecule has 2 N–H and O–H groups in total. The number of aromatic nitrogens is 1. The number of rotatable bonds is 1. The van der Waals surface area contributed by atoms with Crippen LogP contribution in [0.3, 0.4) is 0 Å². The van der Waals surface area contributed by atoms with Crippen molar-refractivity contribution in [1.82, 2.24) is 0 Å². The first-order valence-corrected chi connectivity index (χ1v) is 3.44. The van der Waals surface area contributed by atoms with E-state index in [9.17, 15) is 5.11 Å². The summed E-state index contributed by atoms with van der Waals surface area (Å²) in [6.07, 6.45) is 0.841. The quantitative estimate of drug-likeness (QED) is 0.619. The Balaban J connectivity index is 3.09. The molecule has 1 aromatic rings. The van der Waals surface area contributed by atoms with Gasteiger partial charge >= 0.3 is 0 Å². The summed E-state index contributed by atoms with van der Waals surface area (Å²) in [4.78, 5) is 3.08. The molecule has 10 heavy (non-hydrogen) atoms. The Kier molecular flexibility index (Phi) is 1.90. The topological polar surface area (TPSA) is 34.4 Å². The first-order valence-electron chi connectivity index (χ1n) is 3.44. The van der Waals surface area contributed by atoms with E-state index in [0.717, 1.165) is 17.8 Å². The number of aromatic hydroxyl groups is 1. The monoisotopic (exact) mass is 138 g/mol. The maximum Gasteiger partial charge on any atom is 0.221 e. The van der Waals surface area contributed by atoms with Gasteiger partial charge in [0.2, 0.25) is 5.69 Å². The molecule has 0 bridgehead atoms. The predicted octanol–water partition coefficient (Wildman–Crippen LogP) is 1.08. The lowest BCUT2D eigenvalue weighted by Crippen LogP contribution is -2.13. The smallest absolute Gasteiger partial charge is 0.221 e. The second-order valence-electron chi connectivity index (χ2n) is 2.36. The summed E-state index contributed by atoms with van der Waals surface area (Å²) in [5.41, 5.74) is 1.98. The van der Waals surface area contributed by atoms with Crippen molar-refractivity contribution in [3.63, 3.8) is 0 Å². The van der Waals surface area contributed by atoms with Crippen LogP contribution in [0.2, 0.25) is 0 Å². The molecular formula is C8H12NO+. The fourth-order valence-corrected chi connectivity index (χ4v) is 0.918. The highest BCUT2D eigenvalue weighted by atomic mass is 16.3. The Hall–Kier alpha value is -1.05. The molecule has 0 amide bonds. The van der Waals surface area contributed by atoms with Crippen LogP contribution in [0, 0.1) is 6.92 Å². The molecule has 0 aromatic carbocycles. The molecule has 0 aliphatic heterocycles. The molecule has 0 saturated carbocycles. The van der Waals surface area contributed by atoms with Crippen molar-refractivity contribution >= 4 is 0 Å². The van der Waals surface area contributed by atoms with Crippen LogP contribution in [0.15, 0.2) is 12.1 Å². The van der Waals surface area contributed by atoms with Gasteiger partial charge in [-0.25, -0.2) is 4.98 Å². The predicted molar refractivity (Wildman–Crippen MR) is 38.8 cm³/mol. The second kappa shape index (κ2) is 2.69. The molecule has 0 spiro atoms. The van der Waals surface area contributed by atoms with Crippen molar-refractivity contribution in [2.45, 2.75) is 20.3 Å². The minimum absolute atomic E-state index is 0.355. The third-order valence-corrected chi connectivity index (χ3v) is 1.50. The average molecular weight is 138 g/mol. The van der Waals surface area contributed by atoms with Crippen LogP contribution < -0.4 is 4.98 Å². The number of aromatic amines is 1. The zero-order valence-electron chi connectivity index (χ0n) is 6.31. The number of pyridine rings is 1. The van der Waals surface area contributed by atoms with E-state index in [2.05, 4.69) is 4.98 Å². The Bertz CT molecular complexity index is 233. The zero-order chi connectivity index (χ0) is 7.56. The van der Waals surface area contributed by atoms with E-state index in [1.54, 1.807) is 6.07 Å². The average Bonchev–Trinajstić information content (AvgIpc) is 1.94. The van der Waals surface area contributed by atoms with E-state index in [1.165, 1.54) is 0 Å². The van der Waals surface area contributed by atoms with Crippen LogP contribution in [-0.4, -0.2) is 5.11 Å². The Morgan fingerprint density at radius 3 is 2.70 bits per heavy atom. The summed E-state index contributed by atoms with van der Waals surface area (Å²) in [5, 5.41) is 9.20. The van der Waals surface area contributed by atoms with Crippen molar-refractivity contribution in [3.05, 3.63) is 23.5 Å². The zero-order valence-corrected chi connectivity index (χ0v) is 6.31. The summed E-state index contributed by atoms with van der Waals surface area (Å²) < 4.78 is 0. The molecule has 0 radical (unpaired) electrons. The molecule has 0 unspecified atom stereocenters. The van der Waals surface area contributed by atoms with Gasteiger partial charge in [-0.15, -0.1) is 0 Å². The molecule has 0 aliphatic rings. The first-order chi connectivity index (χ1) is 4.74. The Morgan fingerprint density at radius 2 is 2.20 bits per heavy atom. The van der Waals surface area contributed by atoms with Crippen LogP contribution in [0.5, 0.6) is 5.75 Å². The SMILES string of the molecule is CCc1[nH+]c(C)ccc1O. The molecule has 0 saturated heterocycles. The van der Waals surface area contributed by atoms with E-state index in [1.807, 2.05) is 19.9 Å². The van der Waals surface area contributed by atoms with Gasteiger partial charge in [-0.05, 0) is 6.07 Å². The maximum atomic E-state index is 9.20. The Morgan fingerprint density at radius 1 is 1.50 bits per heavy atom. The highest BCUT2D eigenvalue weighted by Crippen LogP contribution is 2.10. The molecule has 0 fully saturated rings. The standard InChI is InChI=1S/C8H11NO/c1-3-7-8(10)5-4-6(2)9-7/h4-5,10H,3H2,1-2H3/p+1. The fraction of sp³-hybridized carbons (Fsp3) is 0.375. The summed E-state index contributed by atoms with van der Waals surface area (Å²) in [7, 11) is 0. The Labute approximate surface area is 60.5 Å². The molecule has 2 heteroatoms. The molecule has 0 atom stereocenters. The number of nitrogens with one attached hydrogen (secondary N) is 1. The summed E-state index contributed by atoms with van der Waals surface area (Å²) in [6, 6.07) is 3.57. The van der Waals surface area contributed by atoms with Gasteiger partial charge in [0.05, 0.1) is 0 Å². The number of H-pyrrole nitrogens is 1. The van der Waals surface area contributed by atoms with E-state index < -0.39 is 0 Å². The van der Waals surface area contributed by atoms with Crippen molar-refractivity contribution in [1.29, 1.82) is 0 Å². The summed E-state index contributed by atoms with van der Waals surface area (Å²) >= 11 is 0. The van der Waals surface area contributed by atoms with Gasteiger partial charge in [-0.2, -0.15) is 0 Å². The van der Waals surface area contributed by atoms with Crippen LogP contribution in [-0.2, 0) is 6.42 Å². The van der Waals surface area contributed by atoms with Gasteiger partial charge in [0.15, 0.2) is 11.4 Å². The van der Waals surface area contributed by atoms with Crippen LogP contribution >= 0.6 is 0 Å². The van der Waals surface area contributed by atoms with Crippen LogP contribution in [0.1, 0.15) is 18.3 Å². The van der Waals surface area contributed by atoms with Gasteiger partial charge in [0.1, 0.15) is 0 Å². The van der Waals surface area contributed by atoms with E-state index in [-0.39, 0.29) is 0 Å². The molecule has 1 aromatic heterocycles. The third-order valence-electron chi connectivity index (χ3n) is 1.50. The number of hydrogen-bond acceptors (Lipinski definition) is 1. The molecule has 0 aliphatic carbocycles. The molecule has 1 rings (SSSR count).